The van der Waals surface area contributed by atoms with Crippen molar-refractivity contribution in [3.05, 3.63) is 60.2 Å². The van der Waals surface area contributed by atoms with Gasteiger partial charge in [-0.15, -0.1) is 11.8 Å². The second-order valence-electron chi connectivity index (χ2n) is 5.99. The maximum atomic E-state index is 12.1. The fourth-order valence-corrected chi connectivity index (χ4v) is 3.49. The zero-order valence-electron chi connectivity index (χ0n) is 15.9. The van der Waals surface area contributed by atoms with Crippen LogP contribution in [0.2, 0.25) is 0 Å². The van der Waals surface area contributed by atoms with Crippen LogP contribution in [0.1, 0.15) is 37.0 Å². The van der Waals surface area contributed by atoms with E-state index >= 15 is 0 Å². The summed E-state index contributed by atoms with van der Waals surface area (Å²) in [6.45, 7) is 6.03. The second-order valence-corrected chi connectivity index (χ2v) is 7.15. The molecule has 0 saturated carbocycles. The first-order valence-corrected chi connectivity index (χ1v) is 10.2. The summed E-state index contributed by atoms with van der Waals surface area (Å²) < 4.78 is 0. The van der Waals surface area contributed by atoms with Gasteiger partial charge in [-0.25, -0.2) is 0 Å². The van der Waals surface area contributed by atoms with Gasteiger partial charge in [-0.05, 0) is 62.4 Å². The van der Waals surface area contributed by atoms with Gasteiger partial charge in [-0.3, -0.25) is 20.4 Å². The van der Waals surface area contributed by atoms with Gasteiger partial charge in [-0.1, -0.05) is 18.2 Å². The summed E-state index contributed by atoms with van der Waals surface area (Å²) in [6.07, 6.45) is 1.13. The SMILES string of the molecule is CCN(CC)c1ccc(C(=O)NNC(=O)CCCSc2ccccc2)cc1. The number of carbonyl (C=O) groups excluding carboxylic acids is 2. The molecule has 2 rings (SSSR count). The molecule has 0 aliphatic carbocycles. The molecule has 2 aromatic carbocycles. The maximum Gasteiger partial charge on any atom is 0.269 e. The van der Waals surface area contributed by atoms with Gasteiger partial charge < -0.3 is 4.90 Å². The third kappa shape index (κ3) is 6.98. The first-order valence-electron chi connectivity index (χ1n) is 9.26. The van der Waals surface area contributed by atoms with Crippen molar-refractivity contribution in [2.24, 2.45) is 0 Å². The summed E-state index contributed by atoms with van der Waals surface area (Å²) in [5.41, 5.74) is 6.56. The minimum absolute atomic E-state index is 0.184. The van der Waals surface area contributed by atoms with Gasteiger partial charge in [0.2, 0.25) is 5.91 Å². The molecule has 0 spiro atoms. The van der Waals surface area contributed by atoms with Crippen LogP contribution >= 0.6 is 11.8 Å². The number of amides is 2. The van der Waals surface area contributed by atoms with Crippen molar-refractivity contribution in [3.8, 4) is 0 Å². The Morgan fingerprint density at radius 3 is 2.22 bits per heavy atom. The molecule has 0 unspecified atom stereocenters. The lowest BCUT2D eigenvalue weighted by Crippen LogP contribution is -2.41. The Kier molecular flexibility index (Phi) is 8.71. The first kappa shape index (κ1) is 20.8. The van der Waals surface area contributed by atoms with E-state index < -0.39 is 0 Å². The lowest BCUT2D eigenvalue weighted by Gasteiger charge is -2.21. The summed E-state index contributed by atoms with van der Waals surface area (Å²) in [5, 5.41) is 0. The Balaban J connectivity index is 1.69. The smallest absolute Gasteiger partial charge is 0.269 e. The third-order valence-corrected chi connectivity index (χ3v) is 5.23. The van der Waals surface area contributed by atoms with Crippen LogP contribution in [0.4, 0.5) is 5.69 Å². The normalized spacial score (nSPS) is 10.3. The number of thioether (sulfide) groups is 1. The third-order valence-electron chi connectivity index (χ3n) is 4.13. The average Bonchev–Trinajstić information content (AvgIpc) is 2.71. The van der Waals surface area contributed by atoms with Gasteiger partial charge in [0.25, 0.3) is 5.91 Å². The van der Waals surface area contributed by atoms with Crippen molar-refractivity contribution in [2.75, 3.05) is 23.7 Å². The van der Waals surface area contributed by atoms with Gasteiger partial charge in [0.15, 0.2) is 0 Å². The molecule has 27 heavy (non-hydrogen) atoms. The van der Waals surface area contributed by atoms with E-state index in [1.54, 1.807) is 23.9 Å². The highest BCUT2D eigenvalue weighted by Gasteiger charge is 2.09. The maximum absolute atomic E-state index is 12.1. The summed E-state index contributed by atoms with van der Waals surface area (Å²) in [5.74, 6) is 0.364. The first-order chi connectivity index (χ1) is 13.1. The molecule has 0 aliphatic rings. The average molecular weight is 386 g/mol. The Labute approximate surface area is 165 Å². The van der Waals surface area contributed by atoms with Crippen molar-refractivity contribution in [1.82, 2.24) is 10.9 Å². The van der Waals surface area contributed by atoms with Gasteiger partial charge in [-0.2, -0.15) is 0 Å². The van der Waals surface area contributed by atoms with E-state index in [-0.39, 0.29) is 11.8 Å². The molecule has 144 valence electrons. The molecule has 0 atom stereocenters. The molecule has 2 N–H and O–H groups in total. The van der Waals surface area contributed by atoms with Crippen LogP contribution in [-0.2, 0) is 4.79 Å². The van der Waals surface area contributed by atoms with Crippen molar-refractivity contribution < 1.29 is 9.59 Å². The van der Waals surface area contributed by atoms with Crippen LogP contribution in [-0.4, -0.2) is 30.7 Å². The quantitative estimate of drug-likeness (QED) is 0.391. The predicted octanol–water partition coefficient (Wildman–Crippen LogP) is 3.87. The molecule has 5 nitrogen and oxygen atoms in total. The fraction of sp³-hybridized carbons (Fsp3) is 0.333. The summed E-state index contributed by atoms with van der Waals surface area (Å²) >= 11 is 1.72. The van der Waals surface area contributed by atoms with Crippen LogP contribution in [0.25, 0.3) is 0 Å². The number of hydrogen-bond acceptors (Lipinski definition) is 4. The van der Waals surface area contributed by atoms with E-state index in [0.29, 0.717) is 12.0 Å². The Morgan fingerprint density at radius 2 is 1.59 bits per heavy atom. The highest BCUT2D eigenvalue weighted by Crippen LogP contribution is 2.18. The van der Waals surface area contributed by atoms with Crippen LogP contribution < -0.4 is 15.8 Å². The Bertz CT molecular complexity index is 716. The van der Waals surface area contributed by atoms with Gasteiger partial charge in [0.1, 0.15) is 0 Å². The number of rotatable bonds is 9. The minimum atomic E-state index is -0.312. The number of nitrogens with zero attached hydrogens (tertiary/aromatic N) is 1. The van der Waals surface area contributed by atoms with Crippen LogP contribution in [0.15, 0.2) is 59.5 Å². The number of anilines is 1. The van der Waals surface area contributed by atoms with Crippen LogP contribution in [0.3, 0.4) is 0 Å². The molecule has 0 heterocycles. The molecule has 0 fully saturated rings. The van der Waals surface area contributed by atoms with Gasteiger partial charge in [0, 0.05) is 35.7 Å². The van der Waals surface area contributed by atoms with E-state index in [9.17, 15) is 9.59 Å². The highest BCUT2D eigenvalue weighted by molar-refractivity contribution is 7.99. The Morgan fingerprint density at radius 1 is 0.926 bits per heavy atom. The monoisotopic (exact) mass is 385 g/mol. The zero-order chi connectivity index (χ0) is 19.5. The topological polar surface area (TPSA) is 61.4 Å². The summed E-state index contributed by atoms with van der Waals surface area (Å²) in [4.78, 5) is 27.4. The van der Waals surface area contributed by atoms with Crippen LogP contribution in [0, 0.1) is 0 Å². The van der Waals surface area contributed by atoms with Crippen molar-refractivity contribution in [3.63, 3.8) is 0 Å². The number of nitrogens with one attached hydrogen (secondary N) is 2. The highest BCUT2D eigenvalue weighted by atomic mass is 32.2. The van der Waals surface area contributed by atoms with E-state index in [4.69, 9.17) is 0 Å². The molecule has 0 bridgehead atoms. The van der Waals surface area contributed by atoms with E-state index in [1.807, 2.05) is 30.3 Å². The number of hydrazine groups is 1. The van der Waals surface area contributed by atoms with E-state index in [0.717, 1.165) is 31.0 Å². The molecule has 0 aliphatic heterocycles. The molecule has 2 aromatic rings. The van der Waals surface area contributed by atoms with Crippen molar-refractivity contribution >= 4 is 29.3 Å². The summed E-state index contributed by atoms with van der Waals surface area (Å²) in [6, 6.07) is 17.5. The van der Waals surface area contributed by atoms with Crippen LogP contribution in [0.5, 0.6) is 0 Å². The largest absolute Gasteiger partial charge is 0.372 e. The lowest BCUT2D eigenvalue weighted by atomic mass is 10.2. The standard InChI is InChI=1S/C21H27N3O2S/c1-3-24(4-2)18-14-12-17(13-15-18)21(26)23-22-20(25)11-8-16-27-19-9-6-5-7-10-19/h5-7,9-10,12-15H,3-4,8,11,16H2,1-2H3,(H,22,25)(H,23,26). The van der Waals surface area contributed by atoms with Gasteiger partial charge >= 0.3 is 0 Å². The van der Waals surface area contributed by atoms with E-state index in [2.05, 4.69) is 41.7 Å². The molecule has 0 saturated heterocycles. The molecule has 0 aromatic heterocycles. The Hall–Kier alpha value is -2.47. The van der Waals surface area contributed by atoms with Crippen molar-refractivity contribution in [2.45, 2.75) is 31.6 Å². The zero-order valence-corrected chi connectivity index (χ0v) is 16.7. The molecule has 2 amide bonds. The number of carbonyl (C=O) groups is 2. The number of hydrogen-bond donors (Lipinski definition) is 2. The predicted molar refractivity (Wildman–Crippen MR) is 112 cm³/mol. The number of benzene rings is 2. The fourth-order valence-electron chi connectivity index (χ4n) is 2.61. The molecule has 0 radical (unpaired) electrons. The summed E-state index contributed by atoms with van der Waals surface area (Å²) in [7, 11) is 0. The van der Waals surface area contributed by atoms with E-state index in [1.165, 1.54) is 4.90 Å². The second kappa shape index (κ2) is 11.3. The van der Waals surface area contributed by atoms with Crippen molar-refractivity contribution in [1.29, 1.82) is 0 Å². The lowest BCUT2D eigenvalue weighted by molar-refractivity contribution is -0.121. The molecular weight excluding hydrogens is 358 g/mol. The minimum Gasteiger partial charge on any atom is -0.372 e. The van der Waals surface area contributed by atoms with Gasteiger partial charge in [0.05, 0.1) is 0 Å². The molecule has 6 heteroatoms. The molecular formula is C21H27N3O2S.